The summed E-state index contributed by atoms with van der Waals surface area (Å²) in [5.74, 6) is 1.66. The first kappa shape index (κ1) is 18.3. The van der Waals surface area contributed by atoms with Gasteiger partial charge in [0, 0.05) is 12.2 Å². The van der Waals surface area contributed by atoms with Crippen LogP contribution in [0.2, 0.25) is 5.02 Å². The Hall–Kier alpha value is -0.690. The molecule has 0 unspecified atom stereocenters. The number of nitrogens with one attached hydrogen (secondary N) is 1. The monoisotopic (exact) mass is 397 g/mol. The number of benzene rings is 1. The summed E-state index contributed by atoms with van der Waals surface area (Å²) in [7, 11) is 1.58. The average molecular weight is 398 g/mol. The molecule has 108 valence electrons. The largest absolute Gasteiger partial charge is 0.495 e. The summed E-state index contributed by atoms with van der Waals surface area (Å²) >= 11 is 6.01. The molecule has 19 heavy (non-hydrogen) atoms. The number of guanidine groups is 1. The third-order valence-corrected chi connectivity index (χ3v) is 2.71. The van der Waals surface area contributed by atoms with Crippen molar-refractivity contribution in [2.24, 2.45) is 16.6 Å². The Morgan fingerprint density at radius 3 is 2.68 bits per heavy atom. The smallest absolute Gasteiger partial charge is 0.193 e. The summed E-state index contributed by atoms with van der Waals surface area (Å²) in [6.45, 7) is 5.03. The van der Waals surface area contributed by atoms with E-state index in [0.29, 0.717) is 22.6 Å². The normalized spacial score (nSPS) is 11.1. The van der Waals surface area contributed by atoms with E-state index in [1.54, 1.807) is 19.2 Å². The molecule has 0 amide bonds. The van der Waals surface area contributed by atoms with Crippen molar-refractivity contribution in [1.29, 1.82) is 0 Å². The highest BCUT2D eigenvalue weighted by molar-refractivity contribution is 14.0. The molecule has 0 aliphatic heterocycles. The van der Waals surface area contributed by atoms with Crippen molar-refractivity contribution in [3.05, 3.63) is 23.2 Å². The Balaban J connectivity index is 0.00000324. The van der Waals surface area contributed by atoms with Gasteiger partial charge in [-0.3, -0.25) is 4.99 Å². The van der Waals surface area contributed by atoms with Crippen molar-refractivity contribution < 1.29 is 4.74 Å². The van der Waals surface area contributed by atoms with Crippen molar-refractivity contribution in [3.63, 3.8) is 0 Å². The second-order valence-corrected chi connectivity index (χ2v) is 4.83. The van der Waals surface area contributed by atoms with E-state index in [1.165, 1.54) is 0 Å². The predicted molar refractivity (Wildman–Crippen MR) is 93.0 cm³/mol. The van der Waals surface area contributed by atoms with E-state index in [9.17, 15) is 0 Å². The number of aliphatic imine (C=N–C) groups is 1. The van der Waals surface area contributed by atoms with Crippen LogP contribution in [0.3, 0.4) is 0 Å². The molecule has 1 aromatic rings. The van der Waals surface area contributed by atoms with E-state index >= 15 is 0 Å². The number of nitrogens with two attached hydrogens (primary N) is 1. The second kappa shape index (κ2) is 9.25. The molecule has 3 N–H and O–H groups in total. The molecule has 0 heterocycles. The highest BCUT2D eigenvalue weighted by Crippen LogP contribution is 2.26. The van der Waals surface area contributed by atoms with E-state index in [2.05, 4.69) is 24.2 Å². The molecular weight excluding hydrogens is 377 g/mol. The van der Waals surface area contributed by atoms with Crippen LogP contribution in [0.5, 0.6) is 5.75 Å². The van der Waals surface area contributed by atoms with Gasteiger partial charge in [-0.25, -0.2) is 0 Å². The van der Waals surface area contributed by atoms with Crippen LogP contribution in [0.25, 0.3) is 0 Å². The van der Waals surface area contributed by atoms with Crippen LogP contribution in [0.15, 0.2) is 23.2 Å². The lowest BCUT2D eigenvalue weighted by Gasteiger charge is -2.08. The van der Waals surface area contributed by atoms with Crippen LogP contribution in [0, 0.1) is 5.92 Å². The van der Waals surface area contributed by atoms with Crippen molar-refractivity contribution in [2.75, 3.05) is 19.0 Å². The van der Waals surface area contributed by atoms with Gasteiger partial charge in [0.15, 0.2) is 5.96 Å². The SMILES string of the molecule is COc1ccc(NC(N)=NCCC(C)C)cc1Cl.I. The van der Waals surface area contributed by atoms with Crippen molar-refractivity contribution in [2.45, 2.75) is 20.3 Å². The number of rotatable bonds is 5. The molecule has 0 bridgehead atoms. The lowest BCUT2D eigenvalue weighted by atomic mass is 10.1. The second-order valence-electron chi connectivity index (χ2n) is 4.42. The van der Waals surface area contributed by atoms with Gasteiger partial charge >= 0.3 is 0 Å². The van der Waals surface area contributed by atoms with Gasteiger partial charge in [0.25, 0.3) is 0 Å². The molecule has 0 aromatic heterocycles. The number of anilines is 1. The first-order chi connectivity index (χ1) is 8.52. The molecular formula is C13H21ClIN3O. The molecule has 1 rings (SSSR count). The van der Waals surface area contributed by atoms with E-state index in [0.717, 1.165) is 18.7 Å². The van der Waals surface area contributed by atoms with Gasteiger partial charge in [-0.1, -0.05) is 25.4 Å². The average Bonchev–Trinajstić information content (AvgIpc) is 2.28. The molecule has 0 aliphatic rings. The number of methoxy groups -OCH3 is 1. The zero-order chi connectivity index (χ0) is 13.5. The standard InChI is InChI=1S/C13H20ClN3O.HI/c1-9(2)6-7-16-13(15)17-10-4-5-12(18-3)11(14)8-10;/h4-5,8-9H,6-7H2,1-3H3,(H3,15,16,17);1H. The molecule has 0 spiro atoms. The third kappa shape index (κ3) is 6.87. The van der Waals surface area contributed by atoms with Crippen LogP contribution >= 0.6 is 35.6 Å². The van der Waals surface area contributed by atoms with Crippen LogP contribution in [0.1, 0.15) is 20.3 Å². The van der Waals surface area contributed by atoms with Crippen molar-refractivity contribution in [1.82, 2.24) is 0 Å². The summed E-state index contributed by atoms with van der Waals surface area (Å²) in [5.41, 5.74) is 6.57. The van der Waals surface area contributed by atoms with Gasteiger partial charge < -0.3 is 15.8 Å². The summed E-state index contributed by atoms with van der Waals surface area (Å²) in [6, 6.07) is 5.38. The maximum Gasteiger partial charge on any atom is 0.193 e. The number of ether oxygens (including phenoxy) is 1. The first-order valence-electron chi connectivity index (χ1n) is 5.93. The highest BCUT2D eigenvalue weighted by atomic mass is 127. The van der Waals surface area contributed by atoms with Gasteiger partial charge in [-0.2, -0.15) is 0 Å². The van der Waals surface area contributed by atoms with Crippen LogP contribution in [-0.2, 0) is 0 Å². The van der Waals surface area contributed by atoms with Gasteiger partial charge in [0.05, 0.1) is 12.1 Å². The fourth-order valence-corrected chi connectivity index (χ4v) is 1.63. The quantitative estimate of drug-likeness (QED) is 0.452. The van der Waals surface area contributed by atoms with Crippen LogP contribution < -0.4 is 15.8 Å². The molecule has 1 aromatic carbocycles. The number of halogens is 2. The van der Waals surface area contributed by atoms with E-state index < -0.39 is 0 Å². The Morgan fingerprint density at radius 2 is 2.16 bits per heavy atom. The van der Waals surface area contributed by atoms with Gasteiger partial charge in [0.2, 0.25) is 0 Å². The maximum atomic E-state index is 6.01. The zero-order valence-electron chi connectivity index (χ0n) is 11.4. The number of hydrogen-bond donors (Lipinski definition) is 2. The lowest BCUT2D eigenvalue weighted by Crippen LogP contribution is -2.23. The van der Waals surface area contributed by atoms with E-state index in [1.807, 2.05) is 6.07 Å². The van der Waals surface area contributed by atoms with Gasteiger partial charge in [-0.05, 0) is 30.5 Å². The number of nitrogens with zero attached hydrogens (tertiary/aromatic N) is 1. The predicted octanol–water partition coefficient (Wildman–Crippen LogP) is 3.74. The Labute approximate surface area is 136 Å². The molecule has 0 saturated heterocycles. The molecule has 0 saturated carbocycles. The van der Waals surface area contributed by atoms with Crippen LogP contribution in [-0.4, -0.2) is 19.6 Å². The number of hydrogen-bond acceptors (Lipinski definition) is 2. The third-order valence-electron chi connectivity index (χ3n) is 2.41. The summed E-state index contributed by atoms with van der Waals surface area (Å²) < 4.78 is 5.07. The molecule has 0 atom stereocenters. The molecule has 0 aliphatic carbocycles. The fourth-order valence-electron chi connectivity index (χ4n) is 1.37. The minimum atomic E-state index is 0. The molecule has 4 nitrogen and oxygen atoms in total. The van der Waals surface area contributed by atoms with Crippen molar-refractivity contribution >= 4 is 47.2 Å². The molecule has 0 fully saturated rings. The maximum absolute atomic E-state index is 6.01. The Kier molecular flexibility index (Phi) is 8.92. The molecule has 0 radical (unpaired) electrons. The van der Waals surface area contributed by atoms with Crippen LogP contribution in [0.4, 0.5) is 5.69 Å². The first-order valence-corrected chi connectivity index (χ1v) is 6.31. The summed E-state index contributed by atoms with van der Waals surface area (Å²) in [6.07, 6.45) is 1.02. The Bertz CT molecular complexity index is 424. The van der Waals surface area contributed by atoms with Crippen molar-refractivity contribution in [3.8, 4) is 5.75 Å². The van der Waals surface area contributed by atoms with E-state index in [-0.39, 0.29) is 24.0 Å². The fraction of sp³-hybridized carbons (Fsp3) is 0.462. The van der Waals surface area contributed by atoms with Gasteiger partial charge in [-0.15, -0.1) is 24.0 Å². The lowest BCUT2D eigenvalue weighted by molar-refractivity contribution is 0.415. The Morgan fingerprint density at radius 1 is 1.47 bits per heavy atom. The molecule has 6 heteroatoms. The van der Waals surface area contributed by atoms with E-state index in [4.69, 9.17) is 22.1 Å². The minimum Gasteiger partial charge on any atom is -0.495 e. The van der Waals surface area contributed by atoms with Gasteiger partial charge in [0.1, 0.15) is 5.75 Å². The zero-order valence-corrected chi connectivity index (χ0v) is 14.5. The highest BCUT2D eigenvalue weighted by Gasteiger charge is 2.02. The topological polar surface area (TPSA) is 59.6 Å². The summed E-state index contributed by atoms with van der Waals surface area (Å²) in [5, 5.41) is 3.53. The summed E-state index contributed by atoms with van der Waals surface area (Å²) in [4.78, 5) is 4.24. The minimum absolute atomic E-state index is 0.